The standard InChI is InChI=1S/C16H25N3O2S/c1-12(2)18(3)22(20,21)17-16-14-10-19(11-15(14)16)9-13-7-5-4-6-8-13/h4-8,12,14-17H,9-11H2,1-3H3/t14-,15+,16?. The zero-order chi connectivity index (χ0) is 15.9. The zero-order valence-corrected chi connectivity index (χ0v) is 14.3. The van der Waals surface area contributed by atoms with Crippen LogP contribution in [0.5, 0.6) is 0 Å². The highest BCUT2D eigenvalue weighted by Gasteiger charge is 2.57. The Balaban J connectivity index is 1.51. The van der Waals surface area contributed by atoms with Crippen LogP contribution in [-0.4, -0.2) is 49.8 Å². The van der Waals surface area contributed by atoms with E-state index in [9.17, 15) is 8.42 Å². The van der Waals surface area contributed by atoms with E-state index in [1.165, 1.54) is 9.87 Å². The Morgan fingerprint density at radius 1 is 1.23 bits per heavy atom. The number of hydrogen-bond donors (Lipinski definition) is 1. The first kappa shape index (κ1) is 15.9. The maximum Gasteiger partial charge on any atom is 0.279 e. The minimum atomic E-state index is -3.35. The van der Waals surface area contributed by atoms with Crippen LogP contribution in [0.15, 0.2) is 30.3 Å². The van der Waals surface area contributed by atoms with Crippen LogP contribution in [0.25, 0.3) is 0 Å². The number of piperidine rings is 1. The van der Waals surface area contributed by atoms with Crippen molar-refractivity contribution in [1.29, 1.82) is 0 Å². The van der Waals surface area contributed by atoms with Gasteiger partial charge in [0.1, 0.15) is 0 Å². The Hall–Kier alpha value is -0.950. The fourth-order valence-corrected chi connectivity index (χ4v) is 4.71. The second-order valence-corrected chi connectivity index (χ2v) is 8.53. The van der Waals surface area contributed by atoms with Crippen molar-refractivity contribution in [2.75, 3.05) is 20.1 Å². The van der Waals surface area contributed by atoms with E-state index < -0.39 is 10.2 Å². The molecule has 1 heterocycles. The Labute approximate surface area is 133 Å². The smallest absolute Gasteiger partial charge is 0.279 e. The van der Waals surface area contributed by atoms with Crippen LogP contribution in [-0.2, 0) is 16.8 Å². The topological polar surface area (TPSA) is 52.7 Å². The van der Waals surface area contributed by atoms with Crippen molar-refractivity contribution in [1.82, 2.24) is 13.9 Å². The highest BCUT2D eigenvalue weighted by atomic mass is 32.2. The normalized spacial score (nSPS) is 28.3. The average molecular weight is 323 g/mol. The molecule has 0 amide bonds. The fourth-order valence-electron chi connectivity index (χ4n) is 3.29. The van der Waals surface area contributed by atoms with E-state index in [4.69, 9.17) is 0 Å². The summed E-state index contributed by atoms with van der Waals surface area (Å²) in [5.74, 6) is 0.943. The van der Waals surface area contributed by atoms with Gasteiger partial charge in [0.2, 0.25) is 0 Å². The van der Waals surface area contributed by atoms with Crippen LogP contribution >= 0.6 is 0 Å². The molecule has 2 fully saturated rings. The summed E-state index contributed by atoms with van der Waals surface area (Å²) < 4.78 is 28.7. The first-order valence-electron chi connectivity index (χ1n) is 7.90. The summed E-state index contributed by atoms with van der Waals surface area (Å²) >= 11 is 0. The van der Waals surface area contributed by atoms with E-state index in [1.807, 2.05) is 19.9 Å². The molecule has 0 aromatic heterocycles. The summed E-state index contributed by atoms with van der Waals surface area (Å²) in [4.78, 5) is 2.42. The van der Waals surface area contributed by atoms with Gasteiger partial charge in [0.15, 0.2) is 0 Å². The molecule has 3 rings (SSSR count). The highest BCUT2D eigenvalue weighted by Crippen LogP contribution is 2.46. The summed E-state index contributed by atoms with van der Waals surface area (Å²) in [5, 5.41) is 0. The number of rotatable bonds is 6. The van der Waals surface area contributed by atoms with Gasteiger partial charge in [-0.15, -0.1) is 0 Å². The predicted octanol–water partition coefficient (Wildman–Crippen LogP) is 1.29. The van der Waals surface area contributed by atoms with Gasteiger partial charge >= 0.3 is 0 Å². The first-order chi connectivity index (χ1) is 10.4. The molecule has 1 saturated carbocycles. The average Bonchev–Trinajstić information content (AvgIpc) is 2.92. The minimum absolute atomic E-state index is 0.0225. The van der Waals surface area contributed by atoms with E-state index in [0.717, 1.165) is 19.6 Å². The van der Waals surface area contributed by atoms with E-state index in [0.29, 0.717) is 11.8 Å². The van der Waals surface area contributed by atoms with Gasteiger partial charge in [-0.1, -0.05) is 30.3 Å². The maximum absolute atomic E-state index is 12.2. The Morgan fingerprint density at radius 3 is 2.36 bits per heavy atom. The SMILES string of the molecule is CC(C)N(C)S(=O)(=O)NC1[C@H]2CN(Cc3ccccc3)C[C@@H]12. The van der Waals surface area contributed by atoms with E-state index in [-0.39, 0.29) is 12.1 Å². The number of hydrogen-bond acceptors (Lipinski definition) is 3. The van der Waals surface area contributed by atoms with E-state index >= 15 is 0 Å². The maximum atomic E-state index is 12.2. The Bertz CT molecular complexity index is 606. The molecule has 22 heavy (non-hydrogen) atoms. The molecule has 1 saturated heterocycles. The fraction of sp³-hybridized carbons (Fsp3) is 0.625. The van der Waals surface area contributed by atoms with Gasteiger partial charge < -0.3 is 0 Å². The first-order valence-corrected chi connectivity index (χ1v) is 9.34. The lowest BCUT2D eigenvalue weighted by Crippen LogP contribution is -2.44. The Kier molecular flexibility index (Phi) is 4.29. The molecule has 2 aliphatic rings. The molecular weight excluding hydrogens is 298 g/mol. The van der Waals surface area contributed by atoms with Gasteiger partial charge in [-0.3, -0.25) is 4.90 Å². The second-order valence-electron chi connectivity index (χ2n) is 6.77. The van der Waals surface area contributed by atoms with Crippen molar-refractivity contribution in [3.63, 3.8) is 0 Å². The predicted molar refractivity (Wildman–Crippen MR) is 87.4 cm³/mol. The van der Waals surface area contributed by atoms with Crippen LogP contribution in [0.2, 0.25) is 0 Å². The van der Waals surface area contributed by atoms with Crippen molar-refractivity contribution in [3.05, 3.63) is 35.9 Å². The van der Waals surface area contributed by atoms with E-state index in [2.05, 4.69) is 33.9 Å². The van der Waals surface area contributed by atoms with Gasteiger partial charge in [0.05, 0.1) is 0 Å². The molecule has 0 radical (unpaired) electrons. The highest BCUT2D eigenvalue weighted by molar-refractivity contribution is 7.87. The number of benzene rings is 1. The van der Waals surface area contributed by atoms with Gasteiger partial charge in [0, 0.05) is 38.8 Å². The lowest BCUT2D eigenvalue weighted by atomic mass is 10.2. The summed E-state index contributed by atoms with van der Waals surface area (Å²) in [7, 11) is -1.72. The number of nitrogens with one attached hydrogen (secondary N) is 1. The Morgan fingerprint density at radius 2 is 1.82 bits per heavy atom. The van der Waals surface area contributed by atoms with Gasteiger partial charge in [-0.05, 0) is 31.2 Å². The summed E-state index contributed by atoms with van der Waals surface area (Å²) in [5.41, 5.74) is 1.32. The third kappa shape index (κ3) is 3.20. The van der Waals surface area contributed by atoms with Gasteiger partial charge in [-0.25, -0.2) is 0 Å². The van der Waals surface area contributed by atoms with Crippen LogP contribution in [0.1, 0.15) is 19.4 Å². The largest absolute Gasteiger partial charge is 0.298 e. The number of likely N-dealkylation sites (tertiary alicyclic amines) is 1. The molecule has 122 valence electrons. The molecule has 1 aliphatic heterocycles. The van der Waals surface area contributed by atoms with Crippen molar-refractivity contribution in [2.24, 2.45) is 11.8 Å². The molecular formula is C16H25N3O2S. The third-order valence-electron chi connectivity index (χ3n) is 4.91. The third-order valence-corrected chi connectivity index (χ3v) is 6.66. The molecule has 1 N–H and O–H groups in total. The second kappa shape index (κ2) is 5.92. The summed E-state index contributed by atoms with van der Waals surface area (Å²) in [6.45, 7) is 6.69. The molecule has 5 nitrogen and oxygen atoms in total. The molecule has 6 heteroatoms. The van der Waals surface area contributed by atoms with Crippen molar-refractivity contribution in [2.45, 2.75) is 32.5 Å². The lowest BCUT2D eigenvalue weighted by Gasteiger charge is -2.23. The summed E-state index contributed by atoms with van der Waals surface area (Å²) in [6, 6.07) is 10.5. The van der Waals surface area contributed by atoms with Crippen LogP contribution in [0.4, 0.5) is 0 Å². The quantitative estimate of drug-likeness (QED) is 0.858. The van der Waals surface area contributed by atoms with E-state index in [1.54, 1.807) is 7.05 Å². The van der Waals surface area contributed by atoms with Crippen molar-refractivity contribution >= 4 is 10.2 Å². The monoisotopic (exact) mass is 323 g/mol. The number of fused-ring (bicyclic) bond motifs is 1. The lowest BCUT2D eigenvalue weighted by molar-refractivity contribution is 0.286. The molecule has 1 aliphatic carbocycles. The van der Waals surface area contributed by atoms with Crippen molar-refractivity contribution < 1.29 is 8.42 Å². The molecule has 3 atom stereocenters. The van der Waals surface area contributed by atoms with Crippen LogP contribution in [0, 0.1) is 11.8 Å². The number of nitrogens with zero attached hydrogens (tertiary/aromatic N) is 2. The minimum Gasteiger partial charge on any atom is -0.298 e. The van der Waals surface area contributed by atoms with Crippen LogP contribution < -0.4 is 4.72 Å². The van der Waals surface area contributed by atoms with Gasteiger partial charge in [0.25, 0.3) is 10.2 Å². The summed E-state index contributed by atoms with van der Waals surface area (Å²) in [6.07, 6.45) is 0. The van der Waals surface area contributed by atoms with Gasteiger partial charge in [-0.2, -0.15) is 17.4 Å². The zero-order valence-electron chi connectivity index (χ0n) is 13.4. The molecule has 1 unspecified atom stereocenters. The molecule has 1 aromatic carbocycles. The van der Waals surface area contributed by atoms with Crippen LogP contribution in [0.3, 0.4) is 0 Å². The molecule has 0 bridgehead atoms. The van der Waals surface area contributed by atoms with Crippen molar-refractivity contribution in [3.8, 4) is 0 Å². The molecule has 0 spiro atoms. The molecule has 1 aromatic rings.